The lowest BCUT2D eigenvalue weighted by atomic mass is 10.1. The van der Waals surface area contributed by atoms with Crippen molar-refractivity contribution in [1.29, 1.82) is 0 Å². The molecule has 0 heterocycles. The Morgan fingerprint density at radius 3 is 2.53 bits per heavy atom. The zero-order valence-corrected chi connectivity index (χ0v) is 8.30. The van der Waals surface area contributed by atoms with Crippen LogP contribution in [0, 0.1) is 0 Å². The SMILES string of the molecule is NC(=NO)c1ccc(C=CCCO)cc1. The van der Waals surface area contributed by atoms with Crippen molar-refractivity contribution in [2.75, 3.05) is 6.61 Å². The third-order valence-electron chi connectivity index (χ3n) is 1.92. The van der Waals surface area contributed by atoms with Crippen LogP contribution in [0.15, 0.2) is 35.5 Å². The van der Waals surface area contributed by atoms with E-state index in [9.17, 15) is 0 Å². The second-order valence-electron chi connectivity index (χ2n) is 3.02. The van der Waals surface area contributed by atoms with Crippen molar-refractivity contribution in [3.63, 3.8) is 0 Å². The number of amidine groups is 1. The topological polar surface area (TPSA) is 78.8 Å². The van der Waals surface area contributed by atoms with E-state index in [2.05, 4.69) is 5.16 Å². The van der Waals surface area contributed by atoms with E-state index < -0.39 is 0 Å². The summed E-state index contributed by atoms with van der Waals surface area (Å²) >= 11 is 0. The van der Waals surface area contributed by atoms with Crippen LogP contribution >= 0.6 is 0 Å². The molecule has 4 nitrogen and oxygen atoms in total. The second kappa shape index (κ2) is 5.82. The third kappa shape index (κ3) is 3.44. The predicted octanol–water partition coefficient (Wildman–Crippen LogP) is 1.18. The third-order valence-corrected chi connectivity index (χ3v) is 1.92. The van der Waals surface area contributed by atoms with Crippen LogP contribution in [0.25, 0.3) is 6.08 Å². The first-order valence-electron chi connectivity index (χ1n) is 4.63. The number of hydrogen-bond donors (Lipinski definition) is 3. The van der Waals surface area contributed by atoms with Crippen LogP contribution in [0.2, 0.25) is 0 Å². The summed E-state index contributed by atoms with van der Waals surface area (Å²) in [7, 11) is 0. The molecule has 0 aliphatic heterocycles. The molecule has 0 unspecified atom stereocenters. The highest BCUT2D eigenvalue weighted by molar-refractivity contribution is 5.97. The summed E-state index contributed by atoms with van der Waals surface area (Å²) in [4.78, 5) is 0. The van der Waals surface area contributed by atoms with E-state index in [-0.39, 0.29) is 12.4 Å². The summed E-state index contributed by atoms with van der Waals surface area (Å²) in [5, 5.41) is 19.9. The molecular formula is C11H14N2O2. The van der Waals surface area contributed by atoms with E-state index in [0.29, 0.717) is 12.0 Å². The van der Waals surface area contributed by atoms with Gasteiger partial charge in [-0.3, -0.25) is 0 Å². The van der Waals surface area contributed by atoms with Gasteiger partial charge in [0.05, 0.1) is 0 Å². The van der Waals surface area contributed by atoms with Crippen LogP contribution in [-0.4, -0.2) is 22.8 Å². The van der Waals surface area contributed by atoms with Gasteiger partial charge in [-0.2, -0.15) is 0 Å². The summed E-state index contributed by atoms with van der Waals surface area (Å²) in [6.07, 6.45) is 4.44. The second-order valence-corrected chi connectivity index (χ2v) is 3.02. The highest BCUT2D eigenvalue weighted by Gasteiger charge is 1.96. The molecule has 15 heavy (non-hydrogen) atoms. The van der Waals surface area contributed by atoms with Crippen LogP contribution < -0.4 is 5.73 Å². The van der Waals surface area contributed by atoms with E-state index in [1.165, 1.54) is 0 Å². The van der Waals surface area contributed by atoms with Gasteiger partial charge in [-0.25, -0.2) is 0 Å². The van der Waals surface area contributed by atoms with E-state index in [1.54, 1.807) is 12.1 Å². The number of nitrogens with zero attached hydrogens (tertiary/aromatic N) is 1. The van der Waals surface area contributed by atoms with Crippen molar-refractivity contribution in [3.05, 3.63) is 41.5 Å². The Bertz CT molecular complexity index is 355. The first kappa shape index (κ1) is 11.3. The zero-order chi connectivity index (χ0) is 11.1. The summed E-state index contributed by atoms with van der Waals surface area (Å²) < 4.78 is 0. The lowest BCUT2D eigenvalue weighted by Gasteiger charge is -1.98. The minimum absolute atomic E-state index is 0.0980. The Morgan fingerprint density at radius 1 is 1.33 bits per heavy atom. The van der Waals surface area contributed by atoms with Gasteiger partial charge in [-0.15, -0.1) is 0 Å². The minimum atomic E-state index is 0.0980. The maximum absolute atomic E-state index is 8.58. The van der Waals surface area contributed by atoms with Crippen LogP contribution in [-0.2, 0) is 0 Å². The van der Waals surface area contributed by atoms with Gasteiger partial charge >= 0.3 is 0 Å². The number of aliphatic hydroxyl groups excluding tert-OH is 1. The normalized spacial score (nSPS) is 12.2. The van der Waals surface area contributed by atoms with Gasteiger partial charge in [0.1, 0.15) is 0 Å². The molecule has 4 heteroatoms. The van der Waals surface area contributed by atoms with Crippen LogP contribution in [0.4, 0.5) is 0 Å². The molecule has 80 valence electrons. The molecule has 0 spiro atoms. The molecule has 0 saturated carbocycles. The first-order chi connectivity index (χ1) is 7.27. The Morgan fingerprint density at radius 2 is 2.00 bits per heavy atom. The van der Waals surface area contributed by atoms with Crippen molar-refractivity contribution in [1.82, 2.24) is 0 Å². The Kier molecular flexibility index (Phi) is 4.37. The lowest BCUT2D eigenvalue weighted by molar-refractivity contribution is 0.303. The lowest BCUT2D eigenvalue weighted by Crippen LogP contribution is -2.12. The molecular weight excluding hydrogens is 192 g/mol. The molecule has 0 bridgehead atoms. The summed E-state index contributed by atoms with van der Waals surface area (Å²) in [5.74, 6) is 0.0980. The average molecular weight is 206 g/mol. The van der Waals surface area contributed by atoms with Crippen LogP contribution in [0.3, 0.4) is 0 Å². The molecule has 1 aromatic carbocycles. The molecule has 0 atom stereocenters. The molecule has 0 fully saturated rings. The standard InChI is InChI=1S/C11H14N2O2/c12-11(13-15)10-6-4-9(5-7-10)3-1-2-8-14/h1,3-7,14-15H,2,8H2,(H2,12,13). The van der Waals surface area contributed by atoms with Gasteiger partial charge in [-0.1, -0.05) is 41.6 Å². The smallest absolute Gasteiger partial charge is 0.170 e. The molecule has 0 saturated heterocycles. The molecule has 1 aromatic rings. The van der Waals surface area contributed by atoms with Gasteiger partial charge < -0.3 is 16.0 Å². The van der Waals surface area contributed by atoms with Crippen molar-refractivity contribution < 1.29 is 10.3 Å². The molecule has 4 N–H and O–H groups in total. The highest BCUT2D eigenvalue weighted by Crippen LogP contribution is 2.06. The summed E-state index contributed by atoms with van der Waals surface area (Å²) in [6.45, 7) is 0.151. The molecule has 0 aromatic heterocycles. The largest absolute Gasteiger partial charge is 0.409 e. The number of rotatable bonds is 4. The van der Waals surface area contributed by atoms with Crippen molar-refractivity contribution in [2.45, 2.75) is 6.42 Å². The molecule has 0 aliphatic carbocycles. The number of nitrogens with two attached hydrogens (primary N) is 1. The van der Waals surface area contributed by atoms with Gasteiger partial charge in [-0.05, 0) is 12.0 Å². The fourth-order valence-electron chi connectivity index (χ4n) is 1.12. The van der Waals surface area contributed by atoms with Crippen molar-refractivity contribution >= 4 is 11.9 Å². The molecule has 0 aliphatic rings. The fraction of sp³-hybridized carbons (Fsp3) is 0.182. The Balaban J connectivity index is 2.72. The molecule has 0 radical (unpaired) electrons. The molecule has 1 rings (SSSR count). The summed E-state index contributed by atoms with van der Waals surface area (Å²) in [6, 6.07) is 7.27. The van der Waals surface area contributed by atoms with Gasteiger partial charge in [0, 0.05) is 12.2 Å². The predicted molar refractivity (Wildman–Crippen MR) is 59.7 cm³/mol. The number of oxime groups is 1. The Labute approximate surface area is 88.3 Å². The maximum atomic E-state index is 8.58. The maximum Gasteiger partial charge on any atom is 0.170 e. The number of hydrogen-bond acceptors (Lipinski definition) is 3. The summed E-state index contributed by atoms with van der Waals surface area (Å²) in [5.41, 5.74) is 7.10. The van der Waals surface area contributed by atoms with E-state index >= 15 is 0 Å². The van der Waals surface area contributed by atoms with Gasteiger partial charge in [0.25, 0.3) is 0 Å². The van der Waals surface area contributed by atoms with E-state index in [0.717, 1.165) is 5.56 Å². The first-order valence-corrected chi connectivity index (χ1v) is 4.63. The molecule has 0 amide bonds. The van der Waals surface area contributed by atoms with Gasteiger partial charge in [0.2, 0.25) is 0 Å². The Hall–Kier alpha value is -1.81. The number of aliphatic hydroxyl groups is 1. The van der Waals surface area contributed by atoms with Crippen molar-refractivity contribution in [2.24, 2.45) is 10.9 Å². The number of benzene rings is 1. The van der Waals surface area contributed by atoms with Crippen LogP contribution in [0.1, 0.15) is 17.5 Å². The quantitative estimate of drug-likeness (QED) is 0.299. The van der Waals surface area contributed by atoms with E-state index in [1.807, 2.05) is 24.3 Å². The zero-order valence-electron chi connectivity index (χ0n) is 8.30. The monoisotopic (exact) mass is 206 g/mol. The van der Waals surface area contributed by atoms with Crippen molar-refractivity contribution in [3.8, 4) is 0 Å². The highest BCUT2D eigenvalue weighted by atomic mass is 16.4. The van der Waals surface area contributed by atoms with E-state index in [4.69, 9.17) is 16.0 Å². The average Bonchev–Trinajstić information content (AvgIpc) is 2.29. The fourth-order valence-corrected chi connectivity index (χ4v) is 1.12. The van der Waals surface area contributed by atoms with Gasteiger partial charge in [0.15, 0.2) is 5.84 Å². The minimum Gasteiger partial charge on any atom is -0.409 e. The van der Waals surface area contributed by atoms with Crippen LogP contribution in [0.5, 0.6) is 0 Å².